The van der Waals surface area contributed by atoms with Crippen LogP contribution in [-0.2, 0) is 0 Å². The van der Waals surface area contributed by atoms with Crippen molar-refractivity contribution in [3.63, 3.8) is 0 Å². The van der Waals surface area contributed by atoms with Gasteiger partial charge in [-0.15, -0.1) is 0 Å². The number of amides is 2. The molecule has 1 rings (SSSR count). The van der Waals surface area contributed by atoms with Crippen molar-refractivity contribution in [2.45, 2.75) is 71.4 Å². The lowest BCUT2D eigenvalue weighted by Crippen LogP contribution is -2.51. The van der Waals surface area contributed by atoms with E-state index in [1.54, 1.807) is 0 Å². The summed E-state index contributed by atoms with van der Waals surface area (Å²) < 4.78 is 0. The maximum atomic E-state index is 11.8. The van der Waals surface area contributed by atoms with E-state index in [0.717, 1.165) is 25.7 Å². The number of hydrogen-bond acceptors (Lipinski definition) is 2. The molecule has 1 aliphatic carbocycles. The predicted molar refractivity (Wildman–Crippen MR) is 73.5 cm³/mol. The molecule has 0 aromatic carbocycles. The molecule has 106 valence electrons. The van der Waals surface area contributed by atoms with Gasteiger partial charge >= 0.3 is 6.03 Å². The molecule has 3 N–H and O–H groups in total. The molecule has 1 unspecified atom stereocenters. The van der Waals surface area contributed by atoms with Crippen LogP contribution >= 0.6 is 0 Å². The van der Waals surface area contributed by atoms with Gasteiger partial charge in [0, 0.05) is 12.6 Å². The van der Waals surface area contributed by atoms with Gasteiger partial charge < -0.3 is 15.7 Å². The summed E-state index contributed by atoms with van der Waals surface area (Å²) in [6.45, 7) is 8.62. The Bertz CT molecular complexity index is 278. The maximum Gasteiger partial charge on any atom is 0.315 e. The molecule has 0 aromatic heterocycles. The van der Waals surface area contributed by atoms with Crippen molar-refractivity contribution in [3.05, 3.63) is 0 Å². The summed E-state index contributed by atoms with van der Waals surface area (Å²) in [5, 5.41) is 16.0. The van der Waals surface area contributed by atoms with Crippen LogP contribution in [-0.4, -0.2) is 29.3 Å². The Labute approximate surface area is 111 Å². The fraction of sp³-hybridized carbons (Fsp3) is 0.929. The highest BCUT2D eigenvalue weighted by Crippen LogP contribution is 2.27. The minimum Gasteiger partial charge on any atom is -0.388 e. The minimum absolute atomic E-state index is 0.0408. The normalized spacial score (nSPS) is 21.2. The zero-order chi connectivity index (χ0) is 13.8. The van der Waals surface area contributed by atoms with Crippen molar-refractivity contribution >= 4 is 6.03 Å². The molecule has 2 amide bonds. The Morgan fingerprint density at radius 1 is 1.28 bits per heavy atom. The fourth-order valence-corrected chi connectivity index (χ4v) is 2.10. The number of carbonyl (C=O) groups excluding carboxylic acids is 1. The highest BCUT2D eigenvalue weighted by atomic mass is 16.3. The molecule has 0 spiro atoms. The molecule has 0 heterocycles. The van der Waals surface area contributed by atoms with Crippen LogP contribution in [0.25, 0.3) is 0 Å². The summed E-state index contributed by atoms with van der Waals surface area (Å²) in [5.74, 6) is 0. The molecule has 18 heavy (non-hydrogen) atoms. The number of hydrogen-bond donors (Lipinski definition) is 3. The number of urea groups is 1. The van der Waals surface area contributed by atoms with Gasteiger partial charge in [0.2, 0.25) is 0 Å². The highest BCUT2D eigenvalue weighted by Gasteiger charge is 2.30. The molecule has 4 nitrogen and oxygen atoms in total. The van der Waals surface area contributed by atoms with Crippen LogP contribution in [0, 0.1) is 5.41 Å². The SMILES string of the molecule is CC(NC(=O)NCC1(O)CCCCC1)C(C)(C)C. The first-order valence-corrected chi connectivity index (χ1v) is 7.00. The summed E-state index contributed by atoms with van der Waals surface area (Å²) in [4.78, 5) is 11.8. The standard InChI is InChI=1S/C14H28N2O2/c1-11(13(2,3)4)16-12(17)15-10-14(18)8-6-5-7-9-14/h11,18H,5-10H2,1-4H3,(H2,15,16,17). The van der Waals surface area contributed by atoms with E-state index in [1.165, 1.54) is 6.42 Å². The van der Waals surface area contributed by atoms with Gasteiger partial charge in [0.25, 0.3) is 0 Å². The molecule has 4 heteroatoms. The molecule has 1 fully saturated rings. The van der Waals surface area contributed by atoms with E-state index in [1.807, 2.05) is 6.92 Å². The second-order valence-electron chi connectivity index (χ2n) is 6.70. The molecule has 0 radical (unpaired) electrons. The number of carbonyl (C=O) groups is 1. The van der Waals surface area contributed by atoms with Crippen molar-refractivity contribution in [1.29, 1.82) is 0 Å². The van der Waals surface area contributed by atoms with Crippen LogP contribution in [0.15, 0.2) is 0 Å². The van der Waals surface area contributed by atoms with E-state index in [0.29, 0.717) is 6.54 Å². The summed E-state index contributed by atoms with van der Waals surface area (Å²) in [7, 11) is 0. The third-order valence-corrected chi connectivity index (χ3v) is 4.01. The predicted octanol–water partition coefficient (Wildman–Crippen LogP) is 2.42. The summed E-state index contributed by atoms with van der Waals surface area (Å²) in [5.41, 5.74) is -0.653. The van der Waals surface area contributed by atoms with E-state index in [2.05, 4.69) is 31.4 Å². The lowest BCUT2D eigenvalue weighted by Gasteiger charge is -2.33. The highest BCUT2D eigenvalue weighted by molar-refractivity contribution is 5.74. The Hall–Kier alpha value is -0.770. The lowest BCUT2D eigenvalue weighted by molar-refractivity contribution is 0.00705. The first-order valence-electron chi connectivity index (χ1n) is 7.00. The van der Waals surface area contributed by atoms with Gasteiger partial charge in [-0.3, -0.25) is 0 Å². The van der Waals surface area contributed by atoms with Crippen LogP contribution in [0.2, 0.25) is 0 Å². The van der Waals surface area contributed by atoms with Crippen molar-refractivity contribution < 1.29 is 9.90 Å². The van der Waals surface area contributed by atoms with E-state index in [-0.39, 0.29) is 17.5 Å². The molecule has 1 saturated carbocycles. The maximum absolute atomic E-state index is 11.8. The van der Waals surface area contributed by atoms with Crippen LogP contribution in [0.1, 0.15) is 59.8 Å². The Kier molecular flexibility index (Phi) is 5.02. The largest absolute Gasteiger partial charge is 0.388 e. The summed E-state index contributed by atoms with van der Waals surface area (Å²) in [6, 6.07) is -0.0880. The van der Waals surface area contributed by atoms with Gasteiger partial charge in [-0.25, -0.2) is 4.79 Å². The Morgan fingerprint density at radius 2 is 1.83 bits per heavy atom. The van der Waals surface area contributed by atoms with Crippen molar-refractivity contribution in [2.75, 3.05) is 6.54 Å². The van der Waals surface area contributed by atoms with Crippen LogP contribution < -0.4 is 10.6 Å². The van der Waals surface area contributed by atoms with Crippen LogP contribution in [0.3, 0.4) is 0 Å². The van der Waals surface area contributed by atoms with Gasteiger partial charge in [-0.2, -0.15) is 0 Å². The van der Waals surface area contributed by atoms with E-state index < -0.39 is 5.60 Å². The topological polar surface area (TPSA) is 61.4 Å². The van der Waals surface area contributed by atoms with Crippen LogP contribution in [0.5, 0.6) is 0 Å². The first kappa shape index (κ1) is 15.3. The van der Waals surface area contributed by atoms with Crippen LogP contribution in [0.4, 0.5) is 4.79 Å². The third-order valence-electron chi connectivity index (χ3n) is 4.01. The zero-order valence-corrected chi connectivity index (χ0v) is 12.2. The Morgan fingerprint density at radius 3 is 2.33 bits per heavy atom. The lowest BCUT2D eigenvalue weighted by atomic mass is 9.85. The third kappa shape index (κ3) is 4.84. The van der Waals surface area contributed by atoms with Crippen molar-refractivity contribution in [3.8, 4) is 0 Å². The number of rotatable bonds is 3. The smallest absolute Gasteiger partial charge is 0.315 e. The van der Waals surface area contributed by atoms with Gasteiger partial charge in [0.05, 0.1) is 5.60 Å². The average molecular weight is 256 g/mol. The van der Waals surface area contributed by atoms with Gasteiger partial charge in [0.15, 0.2) is 0 Å². The van der Waals surface area contributed by atoms with Crippen molar-refractivity contribution in [2.24, 2.45) is 5.41 Å². The minimum atomic E-state index is -0.694. The molecule has 1 atom stereocenters. The number of aliphatic hydroxyl groups is 1. The quantitative estimate of drug-likeness (QED) is 0.726. The second-order valence-corrected chi connectivity index (χ2v) is 6.70. The van der Waals surface area contributed by atoms with E-state index in [9.17, 15) is 9.90 Å². The summed E-state index contributed by atoms with van der Waals surface area (Å²) >= 11 is 0. The molecular formula is C14H28N2O2. The molecular weight excluding hydrogens is 228 g/mol. The zero-order valence-electron chi connectivity index (χ0n) is 12.2. The molecule has 0 bridgehead atoms. The van der Waals surface area contributed by atoms with E-state index in [4.69, 9.17) is 0 Å². The molecule has 0 aromatic rings. The second kappa shape index (κ2) is 5.91. The van der Waals surface area contributed by atoms with Crippen molar-refractivity contribution in [1.82, 2.24) is 10.6 Å². The molecule has 0 saturated heterocycles. The first-order chi connectivity index (χ1) is 8.23. The average Bonchev–Trinajstić information content (AvgIpc) is 2.26. The fourth-order valence-electron chi connectivity index (χ4n) is 2.10. The molecule has 1 aliphatic rings. The van der Waals surface area contributed by atoms with Gasteiger partial charge in [-0.05, 0) is 25.2 Å². The Balaban J connectivity index is 2.32. The molecule has 0 aliphatic heterocycles. The summed E-state index contributed by atoms with van der Waals surface area (Å²) in [6.07, 6.45) is 4.89. The van der Waals surface area contributed by atoms with Gasteiger partial charge in [0.1, 0.15) is 0 Å². The monoisotopic (exact) mass is 256 g/mol. The van der Waals surface area contributed by atoms with E-state index >= 15 is 0 Å². The van der Waals surface area contributed by atoms with Gasteiger partial charge in [-0.1, -0.05) is 40.0 Å². The number of nitrogens with one attached hydrogen (secondary N) is 2.